The first-order chi connectivity index (χ1) is 17.1. The Hall–Kier alpha value is -3.19. The second-order valence-corrected chi connectivity index (χ2v) is 8.82. The molecule has 1 heterocycles. The smallest absolute Gasteiger partial charge is 0.335 e. The van der Waals surface area contributed by atoms with Crippen LogP contribution in [0.5, 0.6) is 5.75 Å². The molecule has 4 rings (SSSR count). The van der Waals surface area contributed by atoms with E-state index in [2.05, 4.69) is 41.0 Å². The van der Waals surface area contributed by atoms with Gasteiger partial charge in [-0.15, -0.1) is 0 Å². The SMILES string of the molecule is CCN(CCN1CCOCC1)CC(=Cc1ccc(C(=O)O)cc1)COc1cccc2ccccc12. The van der Waals surface area contributed by atoms with Crippen LogP contribution in [0.25, 0.3) is 16.8 Å². The van der Waals surface area contributed by atoms with Crippen molar-refractivity contribution in [3.8, 4) is 5.75 Å². The maximum atomic E-state index is 11.2. The van der Waals surface area contributed by atoms with Crippen molar-refractivity contribution < 1.29 is 19.4 Å². The fraction of sp³-hybridized carbons (Fsp3) is 0.345. The van der Waals surface area contributed by atoms with Gasteiger partial charge in [-0.2, -0.15) is 0 Å². The van der Waals surface area contributed by atoms with Crippen molar-refractivity contribution in [2.24, 2.45) is 0 Å². The molecular formula is C29H34N2O4. The molecule has 6 heteroatoms. The number of nitrogens with zero attached hydrogens (tertiary/aromatic N) is 2. The monoisotopic (exact) mass is 474 g/mol. The highest BCUT2D eigenvalue weighted by molar-refractivity contribution is 5.88. The molecule has 0 radical (unpaired) electrons. The highest BCUT2D eigenvalue weighted by Gasteiger charge is 2.14. The highest BCUT2D eigenvalue weighted by atomic mass is 16.5. The third-order valence-corrected chi connectivity index (χ3v) is 6.40. The van der Waals surface area contributed by atoms with Crippen molar-refractivity contribution >= 4 is 22.8 Å². The van der Waals surface area contributed by atoms with Crippen LogP contribution in [0.3, 0.4) is 0 Å². The fourth-order valence-corrected chi connectivity index (χ4v) is 4.33. The van der Waals surface area contributed by atoms with E-state index < -0.39 is 5.97 Å². The zero-order chi connectivity index (χ0) is 24.5. The lowest BCUT2D eigenvalue weighted by Crippen LogP contribution is -2.42. The zero-order valence-corrected chi connectivity index (χ0v) is 20.4. The molecule has 0 aliphatic carbocycles. The van der Waals surface area contributed by atoms with Crippen LogP contribution in [0.2, 0.25) is 0 Å². The molecule has 184 valence electrons. The van der Waals surface area contributed by atoms with Crippen molar-refractivity contribution in [1.82, 2.24) is 9.80 Å². The van der Waals surface area contributed by atoms with Gasteiger partial charge in [0, 0.05) is 38.1 Å². The van der Waals surface area contributed by atoms with Crippen LogP contribution >= 0.6 is 0 Å². The largest absolute Gasteiger partial charge is 0.489 e. The average Bonchev–Trinajstić information content (AvgIpc) is 2.90. The predicted octanol–water partition coefficient (Wildman–Crippen LogP) is 4.65. The minimum Gasteiger partial charge on any atom is -0.489 e. The number of aromatic carboxylic acids is 1. The number of benzene rings is 3. The summed E-state index contributed by atoms with van der Waals surface area (Å²) < 4.78 is 11.8. The number of carboxylic acids is 1. The Morgan fingerprint density at radius 1 is 1.06 bits per heavy atom. The number of fused-ring (bicyclic) bond motifs is 1. The molecular weight excluding hydrogens is 440 g/mol. The first-order valence-electron chi connectivity index (χ1n) is 12.3. The van der Waals surface area contributed by atoms with Gasteiger partial charge in [-0.1, -0.05) is 61.5 Å². The first kappa shape index (κ1) is 24.9. The molecule has 1 N–H and O–H groups in total. The molecule has 6 nitrogen and oxygen atoms in total. The molecule has 0 saturated carbocycles. The molecule has 1 aliphatic heterocycles. The van der Waals surface area contributed by atoms with Gasteiger partial charge in [-0.3, -0.25) is 9.80 Å². The third-order valence-electron chi connectivity index (χ3n) is 6.40. The third kappa shape index (κ3) is 7.15. The van der Waals surface area contributed by atoms with E-state index in [9.17, 15) is 9.90 Å². The summed E-state index contributed by atoms with van der Waals surface area (Å²) in [6.07, 6.45) is 2.12. The van der Waals surface area contributed by atoms with Gasteiger partial charge < -0.3 is 14.6 Å². The summed E-state index contributed by atoms with van der Waals surface area (Å²) in [4.78, 5) is 16.1. The molecule has 0 atom stereocenters. The Morgan fingerprint density at radius 2 is 1.80 bits per heavy atom. The summed E-state index contributed by atoms with van der Waals surface area (Å²) in [5.41, 5.74) is 2.40. The van der Waals surface area contributed by atoms with Crippen LogP contribution < -0.4 is 4.74 Å². The van der Waals surface area contributed by atoms with Crippen LogP contribution in [0.4, 0.5) is 0 Å². The van der Waals surface area contributed by atoms with E-state index in [-0.39, 0.29) is 5.56 Å². The van der Waals surface area contributed by atoms with Gasteiger partial charge in [-0.05, 0) is 41.3 Å². The maximum absolute atomic E-state index is 11.2. The number of carbonyl (C=O) groups is 1. The van der Waals surface area contributed by atoms with Gasteiger partial charge in [0.25, 0.3) is 0 Å². The van der Waals surface area contributed by atoms with E-state index in [1.807, 2.05) is 36.4 Å². The Morgan fingerprint density at radius 3 is 2.54 bits per heavy atom. The van der Waals surface area contributed by atoms with Crippen LogP contribution in [0.1, 0.15) is 22.8 Å². The second kappa shape index (κ2) is 12.5. The molecule has 1 fully saturated rings. The topological polar surface area (TPSA) is 62.2 Å². The lowest BCUT2D eigenvalue weighted by Gasteiger charge is -2.30. The molecule has 3 aromatic rings. The average molecular weight is 475 g/mol. The van der Waals surface area contributed by atoms with E-state index >= 15 is 0 Å². The van der Waals surface area contributed by atoms with Crippen molar-refractivity contribution in [2.45, 2.75) is 6.92 Å². The van der Waals surface area contributed by atoms with Crippen LogP contribution in [0.15, 0.2) is 72.3 Å². The van der Waals surface area contributed by atoms with Crippen molar-refractivity contribution in [3.63, 3.8) is 0 Å². The number of ether oxygens (including phenoxy) is 2. The molecule has 0 spiro atoms. The minimum absolute atomic E-state index is 0.288. The quantitative estimate of drug-likeness (QED) is 0.436. The molecule has 0 bridgehead atoms. The molecule has 3 aromatic carbocycles. The minimum atomic E-state index is -0.916. The van der Waals surface area contributed by atoms with Crippen molar-refractivity contribution in [1.29, 1.82) is 0 Å². The normalized spacial score (nSPS) is 15.0. The lowest BCUT2D eigenvalue weighted by molar-refractivity contribution is 0.0339. The summed E-state index contributed by atoms with van der Waals surface area (Å²) in [5.74, 6) is -0.0492. The zero-order valence-electron chi connectivity index (χ0n) is 20.4. The van der Waals surface area contributed by atoms with E-state index in [1.165, 1.54) is 0 Å². The summed E-state index contributed by atoms with van der Waals surface area (Å²) in [6, 6.07) is 21.4. The van der Waals surface area contributed by atoms with E-state index in [4.69, 9.17) is 9.47 Å². The number of likely N-dealkylation sites (N-methyl/N-ethyl adjacent to an activating group) is 1. The van der Waals surface area contributed by atoms with Gasteiger partial charge in [-0.25, -0.2) is 4.79 Å². The Bertz CT molecular complexity index is 1130. The van der Waals surface area contributed by atoms with Gasteiger partial charge in [0.1, 0.15) is 12.4 Å². The van der Waals surface area contributed by atoms with Gasteiger partial charge in [0.05, 0.1) is 18.8 Å². The Kier molecular flexibility index (Phi) is 8.90. The van der Waals surface area contributed by atoms with Crippen LogP contribution in [-0.2, 0) is 4.74 Å². The van der Waals surface area contributed by atoms with E-state index in [0.717, 1.165) is 80.1 Å². The first-order valence-corrected chi connectivity index (χ1v) is 12.3. The second-order valence-electron chi connectivity index (χ2n) is 8.82. The maximum Gasteiger partial charge on any atom is 0.335 e. The van der Waals surface area contributed by atoms with E-state index in [0.29, 0.717) is 6.61 Å². The summed E-state index contributed by atoms with van der Waals surface area (Å²) in [5, 5.41) is 11.5. The molecule has 1 saturated heterocycles. The Labute approximate surface area is 207 Å². The predicted molar refractivity (Wildman–Crippen MR) is 140 cm³/mol. The fourth-order valence-electron chi connectivity index (χ4n) is 4.33. The standard InChI is InChI=1S/C29H34N2O4/c1-2-30(14-15-31-16-18-34-19-17-31)21-24(20-23-10-12-26(13-11-23)29(32)33)22-35-28-9-5-7-25-6-3-4-8-27(25)28/h3-13,20H,2,14-19,21-22H2,1H3,(H,32,33). The molecule has 0 aromatic heterocycles. The van der Waals surface area contributed by atoms with Crippen molar-refractivity contribution in [2.75, 3.05) is 59.1 Å². The number of hydrogen-bond acceptors (Lipinski definition) is 5. The molecule has 35 heavy (non-hydrogen) atoms. The van der Waals surface area contributed by atoms with Crippen LogP contribution in [0, 0.1) is 0 Å². The van der Waals surface area contributed by atoms with E-state index in [1.54, 1.807) is 12.1 Å². The van der Waals surface area contributed by atoms with Crippen LogP contribution in [-0.4, -0.2) is 80.0 Å². The van der Waals surface area contributed by atoms with Gasteiger partial charge in [0.15, 0.2) is 0 Å². The molecule has 0 amide bonds. The Balaban J connectivity index is 1.50. The van der Waals surface area contributed by atoms with Gasteiger partial charge in [0.2, 0.25) is 0 Å². The molecule has 0 unspecified atom stereocenters. The number of hydrogen-bond donors (Lipinski definition) is 1. The lowest BCUT2D eigenvalue weighted by atomic mass is 10.1. The van der Waals surface area contributed by atoms with Crippen molar-refractivity contribution in [3.05, 3.63) is 83.4 Å². The summed E-state index contributed by atoms with van der Waals surface area (Å²) >= 11 is 0. The summed E-state index contributed by atoms with van der Waals surface area (Å²) in [7, 11) is 0. The summed E-state index contributed by atoms with van der Waals surface area (Å²) in [6.45, 7) is 9.95. The molecule has 1 aliphatic rings. The highest BCUT2D eigenvalue weighted by Crippen LogP contribution is 2.26. The number of carboxylic acid groups (broad SMARTS) is 1. The van der Waals surface area contributed by atoms with Gasteiger partial charge >= 0.3 is 5.97 Å². The number of morpholine rings is 1. The number of rotatable bonds is 11.